The third kappa shape index (κ3) is 2.16. The molecule has 0 amide bonds. The zero-order valence-corrected chi connectivity index (χ0v) is 6.48. The fraction of sp³-hybridized carbons (Fsp3) is 0.167. The van der Waals surface area contributed by atoms with E-state index in [9.17, 15) is 13.6 Å². The second-order valence-electron chi connectivity index (χ2n) is 1.83. The van der Waals surface area contributed by atoms with E-state index in [1.54, 1.807) is 0 Å². The quantitative estimate of drug-likeness (QED) is 0.800. The molecule has 1 rings (SSSR count). The van der Waals surface area contributed by atoms with Gasteiger partial charge in [0.25, 0.3) is 0 Å². The molecule has 0 spiro atoms. The van der Waals surface area contributed by atoms with Crippen LogP contribution in [0.15, 0.2) is 11.4 Å². The lowest BCUT2D eigenvalue weighted by Gasteiger charge is -1.98. The fourth-order valence-corrected chi connectivity index (χ4v) is 1.25. The fourth-order valence-electron chi connectivity index (χ4n) is 0.596. The van der Waals surface area contributed by atoms with Crippen molar-refractivity contribution in [2.75, 3.05) is 0 Å². The van der Waals surface area contributed by atoms with Gasteiger partial charge in [-0.3, -0.25) is 0 Å². The molecule has 1 N–H and O–H groups in total. The summed E-state index contributed by atoms with van der Waals surface area (Å²) in [6, 6.07) is 1.05. The number of alkyl halides is 2. The van der Waals surface area contributed by atoms with Crippen LogP contribution < -0.4 is 4.74 Å². The Morgan fingerprint density at radius 2 is 2.33 bits per heavy atom. The molecule has 0 unspecified atom stereocenters. The van der Waals surface area contributed by atoms with Gasteiger partial charge in [-0.05, 0) is 0 Å². The molecule has 0 aromatic carbocycles. The zero-order valence-electron chi connectivity index (χ0n) is 5.66. The molecule has 1 aromatic rings. The van der Waals surface area contributed by atoms with E-state index in [0.29, 0.717) is 0 Å². The molecule has 0 fully saturated rings. The maximum atomic E-state index is 11.6. The highest BCUT2D eigenvalue weighted by molar-refractivity contribution is 7.12. The molecule has 0 saturated carbocycles. The van der Waals surface area contributed by atoms with E-state index in [4.69, 9.17) is 5.11 Å². The van der Waals surface area contributed by atoms with E-state index in [0.717, 1.165) is 17.4 Å². The summed E-state index contributed by atoms with van der Waals surface area (Å²) in [7, 11) is 0. The van der Waals surface area contributed by atoms with Gasteiger partial charge in [-0.1, -0.05) is 0 Å². The van der Waals surface area contributed by atoms with E-state index in [-0.39, 0.29) is 10.6 Å². The Morgan fingerprint density at radius 3 is 2.75 bits per heavy atom. The Labute approximate surface area is 70.2 Å². The first-order valence-electron chi connectivity index (χ1n) is 2.86. The number of halogens is 2. The third-order valence-corrected chi connectivity index (χ3v) is 1.91. The van der Waals surface area contributed by atoms with Gasteiger partial charge in [0.05, 0.1) is 0 Å². The molecule has 0 aliphatic carbocycles. The molecule has 0 bridgehead atoms. The van der Waals surface area contributed by atoms with Crippen molar-refractivity contribution in [3.63, 3.8) is 0 Å². The molecule has 0 saturated heterocycles. The van der Waals surface area contributed by atoms with Crippen LogP contribution in [0.3, 0.4) is 0 Å². The van der Waals surface area contributed by atoms with E-state index >= 15 is 0 Å². The lowest BCUT2D eigenvalue weighted by atomic mass is 10.4. The van der Waals surface area contributed by atoms with E-state index < -0.39 is 12.6 Å². The van der Waals surface area contributed by atoms with Crippen molar-refractivity contribution in [1.29, 1.82) is 0 Å². The van der Waals surface area contributed by atoms with E-state index in [1.807, 2.05) is 0 Å². The van der Waals surface area contributed by atoms with Crippen LogP contribution in [0.5, 0.6) is 5.75 Å². The third-order valence-electron chi connectivity index (χ3n) is 1.01. The van der Waals surface area contributed by atoms with Gasteiger partial charge in [0, 0.05) is 11.4 Å². The smallest absolute Gasteiger partial charge is 0.387 e. The van der Waals surface area contributed by atoms with Gasteiger partial charge in [0.1, 0.15) is 10.6 Å². The number of hydrogen-bond donors (Lipinski definition) is 1. The summed E-state index contributed by atoms with van der Waals surface area (Å²) in [5.74, 6) is -1.27. The van der Waals surface area contributed by atoms with Crippen LogP contribution in [-0.2, 0) is 0 Å². The summed E-state index contributed by atoms with van der Waals surface area (Å²) in [5, 5.41) is 9.62. The number of ether oxygens (including phenoxy) is 1. The first-order chi connectivity index (χ1) is 5.59. The van der Waals surface area contributed by atoms with Gasteiger partial charge < -0.3 is 9.84 Å². The summed E-state index contributed by atoms with van der Waals surface area (Å²) in [6.45, 7) is -2.92. The first kappa shape index (κ1) is 8.92. The Bertz CT molecular complexity index is 284. The summed E-state index contributed by atoms with van der Waals surface area (Å²) in [6.07, 6.45) is 0. The minimum Gasteiger partial charge on any atom is -0.477 e. The van der Waals surface area contributed by atoms with Crippen molar-refractivity contribution in [2.45, 2.75) is 6.61 Å². The second-order valence-corrected chi connectivity index (χ2v) is 2.74. The maximum Gasteiger partial charge on any atom is 0.387 e. The molecule has 0 aliphatic rings. The predicted molar refractivity (Wildman–Crippen MR) is 37.9 cm³/mol. The van der Waals surface area contributed by atoms with Crippen LogP contribution in [0, 0.1) is 0 Å². The normalized spacial score (nSPS) is 10.2. The number of hydrogen-bond acceptors (Lipinski definition) is 3. The highest BCUT2D eigenvalue weighted by Crippen LogP contribution is 2.22. The molecule has 66 valence electrons. The monoisotopic (exact) mass is 194 g/mol. The molecule has 12 heavy (non-hydrogen) atoms. The SMILES string of the molecule is O=C(O)c1cc(OC(F)F)cs1. The van der Waals surface area contributed by atoms with Crippen LogP contribution in [0.1, 0.15) is 9.67 Å². The molecule has 3 nitrogen and oxygen atoms in total. The van der Waals surface area contributed by atoms with Gasteiger partial charge >= 0.3 is 12.6 Å². The van der Waals surface area contributed by atoms with Gasteiger partial charge in [-0.25, -0.2) is 4.79 Å². The Hall–Kier alpha value is -1.17. The number of carboxylic acids is 1. The van der Waals surface area contributed by atoms with Gasteiger partial charge in [0.2, 0.25) is 0 Å². The van der Waals surface area contributed by atoms with Gasteiger partial charge in [-0.15, -0.1) is 11.3 Å². The Morgan fingerprint density at radius 1 is 1.67 bits per heavy atom. The number of rotatable bonds is 3. The summed E-state index contributed by atoms with van der Waals surface area (Å²) in [4.78, 5) is 10.2. The van der Waals surface area contributed by atoms with Crippen molar-refractivity contribution in [3.05, 3.63) is 16.3 Å². The van der Waals surface area contributed by atoms with Crippen LogP contribution in [0.4, 0.5) is 8.78 Å². The molecule has 0 aliphatic heterocycles. The van der Waals surface area contributed by atoms with Crippen LogP contribution >= 0.6 is 11.3 Å². The highest BCUT2D eigenvalue weighted by atomic mass is 32.1. The van der Waals surface area contributed by atoms with Crippen molar-refractivity contribution in [2.24, 2.45) is 0 Å². The highest BCUT2D eigenvalue weighted by Gasteiger charge is 2.10. The average Bonchev–Trinajstić information content (AvgIpc) is 2.34. The molecular formula is C6H4F2O3S. The number of thiophene rings is 1. The first-order valence-corrected chi connectivity index (χ1v) is 3.74. The zero-order chi connectivity index (χ0) is 9.14. The molecule has 1 aromatic heterocycles. The van der Waals surface area contributed by atoms with Crippen LogP contribution in [0.2, 0.25) is 0 Å². The summed E-state index contributed by atoms with van der Waals surface area (Å²) < 4.78 is 27.1. The Kier molecular flexibility index (Phi) is 2.59. The molecule has 0 atom stereocenters. The van der Waals surface area contributed by atoms with Crippen molar-refractivity contribution < 1.29 is 23.4 Å². The Balaban J connectivity index is 2.71. The number of carboxylic acid groups (broad SMARTS) is 1. The maximum absolute atomic E-state index is 11.6. The average molecular weight is 194 g/mol. The summed E-state index contributed by atoms with van der Waals surface area (Å²) >= 11 is 0.842. The largest absolute Gasteiger partial charge is 0.477 e. The minimum absolute atomic E-state index is 0.0225. The van der Waals surface area contributed by atoms with E-state index in [1.165, 1.54) is 5.38 Å². The number of carbonyl (C=O) groups is 1. The lowest BCUT2D eigenvalue weighted by molar-refractivity contribution is -0.0495. The van der Waals surface area contributed by atoms with Crippen LogP contribution in [-0.4, -0.2) is 17.7 Å². The van der Waals surface area contributed by atoms with Crippen molar-refractivity contribution in [1.82, 2.24) is 0 Å². The molecule has 6 heteroatoms. The molecule has 1 heterocycles. The predicted octanol–water partition coefficient (Wildman–Crippen LogP) is 2.05. The van der Waals surface area contributed by atoms with Crippen molar-refractivity contribution in [3.8, 4) is 5.75 Å². The topological polar surface area (TPSA) is 46.5 Å². The molecular weight excluding hydrogens is 190 g/mol. The van der Waals surface area contributed by atoms with Gasteiger partial charge in [-0.2, -0.15) is 8.78 Å². The lowest BCUT2D eigenvalue weighted by Crippen LogP contribution is -2.00. The standard InChI is InChI=1S/C6H4F2O3S/c7-6(8)11-3-1-4(5(9)10)12-2-3/h1-2,6H,(H,9,10). The number of aromatic carboxylic acids is 1. The van der Waals surface area contributed by atoms with Crippen molar-refractivity contribution >= 4 is 17.3 Å². The van der Waals surface area contributed by atoms with Crippen LogP contribution in [0.25, 0.3) is 0 Å². The minimum atomic E-state index is -2.92. The van der Waals surface area contributed by atoms with E-state index in [2.05, 4.69) is 4.74 Å². The second kappa shape index (κ2) is 3.48. The van der Waals surface area contributed by atoms with Gasteiger partial charge in [0.15, 0.2) is 0 Å². The molecule has 0 radical (unpaired) electrons. The summed E-state index contributed by atoms with van der Waals surface area (Å²) in [5.41, 5.74) is 0.